The zero-order chi connectivity index (χ0) is 13.0. The Kier molecular flexibility index (Phi) is 3.71. The number of halogens is 1. The highest BCUT2D eigenvalue weighted by atomic mass is 35.5. The lowest BCUT2D eigenvalue weighted by atomic mass is 10.2. The Bertz CT molecular complexity index is 561. The van der Waals surface area contributed by atoms with Gasteiger partial charge in [-0.1, -0.05) is 18.2 Å². The standard InChI is InChI=1S/C11H10ClN5O/c12-11-14-6-8(9(16-11)17-13)15-10(18)7-4-2-1-3-5-7/h1-6H,13H2,(H,15,18)(H,14,16,17). The Hall–Kier alpha value is -2.18. The van der Waals surface area contributed by atoms with Crippen LogP contribution in [0.15, 0.2) is 36.5 Å². The Labute approximate surface area is 108 Å². The van der Waals surface area contributed by atoms with E-state index < -0.39 is 0 Å². The van der Waals surface area contributed by atoms with Gasteiger partial charge in [-0.25, -0.2) is 10.8 Å². The van der Waals surface area contributed by atoms with E-state index in [4.69, 9.17) is 17.4 Å². The number of anilines is 2. The second kappa shape index (κ2) is 5.44. The SMILES string of the molecule is NNc1nc(Cl)ncc1NC(=O)c1ccccc1. The van der Waals surface area contributed by atoms with Crippen LogP contribution in [0.2, 0.25) is 5.28 Å². The number of nitrogens with zero attached hydrogens (tertiary/aromatic N) is 2. The maximum Gasteiger partial charge on any atom is 0.255 e. The molecule has 1 heterocycles. The molecule has 0 aliphatic carbocycles. The summed E-state index contributed by atoms with van der Waals surface area (Å²) in [5.41, 5.74) is 3.22. The molecule has 0 radical (unpaired) electrons. The van der Waals surface area contributed by atoms with Crippen molar-refractivity contribution in [3.8, 4) is 0 Å². The van der Waals surface area contributed by atoms with Crippen molar-refractivity contribution in [2.45, 2.75) is 0 Å². The minimum atomic E-state index is -0.280. The highest BCUT2D eigenvalue weighted by Crippen LogP contribution is 2.19. The molecule has 0 unspecified atom stereocenters. The van der Waals surface area contributed by atoms with Crippen molar-refractivity contribution >= 4 is 29.0 Å². The lowest BCUT2D eigenvalue weighted by Crippen LogP contribution is -2.17. The molecule has 0 aliphatic heterocycles. The minimum absolute atomic E-state index is 0.0423. The zero-order valence-electron chi connectivity index (χ0n) is 9.22. The first-order valence-electron chi connectivity index (χ1n) is 5.06. The maximum atomic E-state index is 11.9. The second-order valence-electron chi connectivity index (χ2n) is 3.37. The van der Waals surface area contributed by atoms with E-state index in [1.54, 1.807) is 24.3 Å². The molecule has 1 aromatic heterocycles. The zero-order valence-corrected chi connectivity index (χ0v) is 9.98. The van der Waals surface area contributed by atoms with Gasteiger partial charge in [0, 0.05) is 5.56 Å². The molecule has 0 saturated heterocycles. The Morgan fingerprint density at radius 2 is 2.00 bits per heavy atom. The van der Waals surface area contributed by atoms with Crippen LogP contribution in [0, 0.1) is 0 Å². The van der Waals surface area contributed by atoms with Gasteiger partial charge in [-0.2, -0.15) is 4.98 Å². The molecule has 2 aromatic rings. The molecule has 7 heteroatoms. The van der Waals surface area contributed by atoms with Crippen molar-refractivity contribution in [3.63, 3.8) is 0 Å². The van der Waals surface area contributed by atoms with Crippen molar-refractivity contribution in [1.82, 2.24) is 9.97 Å². The molecule has 6 nitrogen and oxygen atoms in total. The maximum absolute atomic E-state index is 11.9. The number of hydrogen-bond donors (Lipinski definition) is 3. The molecule has 0 saturated carbocycles. The van der Waals surface area contributed by atoms with Crippen LogP contribution < -0.4 is 16.6 Å². The first kappa shape index (κ1) is 12.3. The van der Waals surface area contributed by atoms with Gasteiger partial charge < -0.3 is 10.7 Å². The van der Waals surface area contributed by atoms with Crippen molar-refractivity contribution in [2.75, 3.05) is 10.7 Å². The molecular weight excluding hydrogens is 254 g/mol. The molecular formula is C11H10ClN5O. The second-order valence-corrected chi connectivity index (χ2v) is 3.70. The fourth-order valence-electron chi connectivity index (χ4n) is 1.35. The lowest BCUT2D eigenvalue weighted by molar-refractivity contribution is 0.102. The van der Waals surface area contributed by atoms with Crippen molar-refractivity contribution in [2.24, 2.45) is 5.84 Å². The quantitative estimate of drug-likeness (QED) is 0.445. The van der Waals surface area contributed by atoms with Gasteiger partial charge in [-0.3, -0.25) is 4.79 Å². The Morgan fingerprint density at radius 1 is 1.28 bits per heavy atom. The molecule has 0 fully saturated rings. The highest BCUT2D eigenvalue weighted by molar-refractivity contribution is 6.28. The van der Waals surface area contributed by atoms with E-state index in [-0.39, 0.29) is 17.0 Å². The number of amides is 1. The number of aromatic nitrogens is 2. The van der Waals surface area contributed by atoms with Crippen LogP contribution in [0.1, 0.15) is 10.4 Å². The summed E-state index contributed by atoms with van der Waals surface area (Å²) in [4.78, 5) is 19.5. The summed E-state index contributed by atoms with van der Waals surface area (Å²) in [6.07, 6.45) is 1.38. The monoisotopic (exact) mass is 263 g/mol. The van der Waals surface area contributed by atoms with E-state index in [0.29, 0.717) is 11.3 Å². The molecule has 1 aromatic carbocycles. The van der Waals surface area contributed by atoms with Gasteiger partial charge in [0.2, 0.25) is 5.28 Å². The average molecular weight is 264 g/mol. The van der Waals surface area contributed by atoms with Gasteiger partial charge in [0.1, 0.15) is 5.69 Å². The average Bonchev–Trinajstić information content (AvgIpc) is 2.41. The van der Waals surface area contributed by atoms with Gasteiger partial charge in [-0.05, 0) is 23.7 Å². The summed E-state index contributed by atoms with van der Waals surface area (Å²) in [6, 6.07) is 8.77. The van der Waals surface area contributed by atoms with E-state index in [9.17, 15) is 4.79 Å². The van der Waals surface area contributed by atoms with Crippen LogP contribution in [0.4, 0.5) is 11.5 Å². The summed E-state index contributed by atoms with van der Waals surface area (Å²) in [6.45, 7) is 0. The highest BCUT2D eigenvalue weighted by Gasteiger charge is 2.10. The number of carbonyl (C=O) groups excluding carboxylic acids is 1. The van der Waals surface area contributed by atoms with Gasteiger partial charge >= 0.3 is 0 Å². The number of hydrazine groups is 1. The van der Waals surface area contributed by atoms with Crippen LogP contribution in [0.25, 0.3) is 0 Å². The summed E-state index contributed by atoms with van der Waals surface area (Å²) >= 11 is 5.62. The van der Waals surface area contributed by atoms with Crippen molar-refractivity contribution < 1.29 is 4.79 Å². The predicted molar refractivity (Wildman–Crippen MR) is 69.2 cm³/mol. The molecule has 0 atom stereocenters. The molecule has 0 bridgehead atoms. The number of nitrogens with one attached hydrogen (secondary N) is 2. The fraction of sp³-hybridized carbons (Fsp3) is 0. The van der Waals surface area contributed by atoms with Crippen molar-refractivity contribution in [1.29, 1.82) is 0 Å². The fourth-order valence-corrected chi connectivity index (χ4v) is 1.48. The molecule has 4 N–H and O–H groups in total. The third-order valence-electron chi connectivity index (χ3n) is 2.18. The van der Waals surface area contributed by atoms with Crippen LogP contribution >= 0.6 is 11.6 Å². The van der Waals surface area contributed by atoms with E-state index in [2.05, 4.69) is 20.7 Å². The van der Waals surface area contributed by atoms with Crippen LogP contribution in [-0.4, -0.2) is 15.9 Å². The van der Waals surface area contributed by atoms with E-state index >= 15 is 0 Å². The smallest absolute Gasteiger partial charge is 0.255 e. The summed E-state index contributed by atoms with van der Waals surface area (Å²) in [5.74, 6) is 5.25. The summed E-state index contributed by atoms with van der Waals surface area (Å²) < 4.78 is 0. The number of hydrogen-bond acceptors (Lipinski definition) is 5. The van der Waals surface area contributed by atoms with Gasteiger partial charge in [0.25, 0.3) is 5.91 Å². The largest absolute Gasteiger partial charge is 0.318 e. The van der Waals surface area contributed by atoms with Gasteiger partial charge in [0.05, 0.1) is 6.20 Å². The first-order valence-corrected chi connectivity index (χ1v) is 5.44. The predicted octanol–water partition coefficient (Wildman–Crippen LogP) is 1.67. The molecule has 0 spiro atoms. The molecule has 92 valence electrons. The first-order chi connectivity index (χ1) is 8.70. The van der Waals surface area contributed by atoms with Crippen molar-refractivity contribution in [3.05, 3.63) is 47.4 Å². The Balaban J connectivity index is 2.22. The minimum Gasteiger partial charge on any atom is -0.318 e. The van der Waals surface area contributed by atoms with Gasteiger partial charge in [0.15, 0.2) is 5.82 Å². The normalized spacial score (nSPS) is 9.89. The summed E-state index contributed by atoms with van der Waals surface area (Å²) in [7, 11) is 0. The van der Waals surface area contributed by atoms with Crippen LogP contribution in [0.3, 0.4) is 0 Å². The molecule has 18 heavy (non-hydrogen) atoms. The third kappa shape index (κ3) is 2.73. The number of carbonyl (C=O) groups is 1. The van der Waals surface area contributed by atoms with Crippen LogP contribution in [-0.2, 0) is 0 Å². The third-order valence-corrected chi connectivity index (χ3v) is 2.36. The van der Waals surface area contributed by atoms with Gasteiger partial charge in [-0.15, -0.1) is 0 Å². The Morgan fingerprint density at radius 3 is 2.67 bits per heavy atom. The van der Waals surface area contributed by atoms with Crippen LogP contribution in [0.5, 0.6) is 0 Å². The number of nitrogen functional groups attached to an aromatic ring is 1. The lowest BCUT2D eigenvalue weighted by Gasteiger charge is -2.09. The van der Waals surface area contributed by atoms with E-state index in [0.717, 1.165) is 0 Å². The number of rotatable bonds is 3. The number of nitrogens with two attached hydrogens (primary N) is 1. The summed E-state index contributed by atoms with van der Waals surface area (Å²) in [5, 5.41) is 2.68. The number of benzene rings is 1. The topological polar surface area (TPSA) is 92.9 Å². The molecule has 1 amide bonds. The molecule has 2 rings (SSSR count). The molecule has 0 aliphatic rings. The van der Waals surface area contributed by atoms with E-state index in [1.165, 1.54) is 6.20 Å². The van der Waals surface area contributed by atoms with E-state index in [1.807, 2.05) is 6.07 Å².